The number of hydrogen-bond acceptors (Lipinski definition) is 4. The van der Waals surface area contributed by atoms with Gasteiger partial charge in [0.2, 0.25) is 0 Å². The molecule has 0 aliphatic carbocycles. The molecule has 0 radical (unpaired) electrons. The van der Waals surface area contributed by atoms with E-state index < -0.39 is 0 Å². The molecule has 0 aromatic heterocycles. The third-order valence-electron chi connectivity index (χ3n) is 3.45. The molecule has 2 N–H and O–H groups in total. The zero-order valence-electron chi connectivity index (χ0n) is 11.0. The van der Waals surface area contributed by atoms with Crippen molar-refractivity contribution in [1.82, 2.24) is 4.90 Å². The second kappa shape index (κ2) is 4.76. The number of nitrogens with two attached hydrogens (primary N) is 1. The molecule has 0 atom stereocenters. The molecule has 5 nitrogen and oxygen atoms in total. The number of imide groups is 1. The van der Waals surface area contributed by atoms with Crippen LogP contribution in [0.25, 0.3) is 0 Å². The van der Waals surface area contributed by atoms with Gasteiger partial charge in [0.05, 0.1) is 29.3 Å². The molecule has 1 heterocycles. The maximum absolute atomic E-state index is 12.3. The van der Waals surface area contributed by atoms with E-state index in [0.29, 0.717) is 16.8 Å². The van der Waals surface area contributed by atoms with E-state index in [9.17, 15) is 9.59 Å². The average Bonchev–Trinajstić information content (AvgIpc) is 2.74. The van der Waals surface area contributed by atoms with Crippen molar-refractivity contribution in [3.63, 3.8) is 0 Å². The van der Waals surface area contributed by atoms with Crippen LogP contribution in [-0.4, -0.2) is 16.7 Å². The number of fused-ring (bicyclic) bond motifs is 1. The number of nitrogens with zero attached hydrogens (tertiary/aromatic N) is 2. The number of amides is 2. The Bertz CT molecular complexity index is 788. The molecule has 0 unspecified atom stereocenters. The molecule has 21 heavy (non-hydrogen) atoms. The normalized spacial score (nSPS) is 13.2. The number of nitrogen functional groups attached to an aromatic ring is 1. The molecule has 0 bridgehead atoms. The molecule has 2 aromatic rings. The lowest BCUT2D eigenvalue weighted by molar-refractivity contribution is 0.0642. The highest BCUT2D eigenvalue weighted by molar-refractivity contribution is 6.23. The highest BCUT2D eigenvalue weighted by atomic mass is 16.2. The van der Waals surface area contributed by atoms with Crippen molar-refractivity contribution in [3.8, 4) is 6.07 Å². The van der Waals surface area contributed by atoms with Gasteiger partial charge in [0.25, 0.3) is 11.8 Å². The Kier molecular flexibility index (Phi) is 2.92. The number of benzene rings is 2. The Hall–Kier alpha value is -3.13. The molecule has 102 valence electrons. The lowest BCUT2D eigenvalue weighted by Crippen LogP contribution is -2.29. The van der Waals surface area contributed by atoms with Gasteiger partial charge in [-0.2, -0.15) is 5.26 Å². The molecule has 2 amide bonds. The molecule has 0 saturated heterocycles. The summed E-state index contributed by atoms with van der Waals surface area (Å²) >= 11 is 0. The van der Waals surface area contributed by atoms with Crippen molar-refractivity contribution >= 4 is 17.5 Å². The molecule has 2 aromatic carbocycles. The number of rotatable bonds is 2. The van der Waals surface area contributed by atoms with Gasteiger partial charge in [-0.3, -0.25) is 14.5 Å². The van der Waals surface area contributed by atoms with E-state index in [-0.39, 0.29) is 23.9 Å². The van der Waals surface area contributed by atoms with E-state index in [4.69, 9.17) is 11.0 Å². The first-order valence-corrected chi connectivity index (χ1v) is 6.35. The van der Waals surface area contributed by atoms with Gasteiger partial charge in [0, 0.05) is 5.69 Å². The molecular weight excluding hydrogens is 266 g/mol. The van der Waals surface area contributed by atoms with Crippen molar-refractivity contribution in [2.75, 3.05) is 5.73 Å². The van der Waals surface area contributed by atoms with Crippen LogP contribution in [0.1, 0.15) is 31.8 Å². The summed E-state index contributed by atoms with van der Waals surface area (Å²) in [4.78, 5) is 25.8. The summed E-state index contributed by atoms with van der Waals surface area (Å²) in [6.45, 7) is 0.164. The topological polar surface area (TPSA) is 87.2 Å². The maximum Gasteiger partial charge on any atom is 0.263 e. The van der Waals surface area contributed by atoms with Gasteiger partial charge < -0.3 is 5.73 Å². The molecule has 1 aliphatic rings. The Morgan fingerprint density at radius 3 is 2.38 bits per heavy atom. The summed E-state index contributed by atoms with van der Waals surface area (Å²) in [6, 6.07) is 13.7. The minimum atomic E-state index is -0.377. The quantitative estimate of drug-likeness (QED) is 0.671. The third kappa shape index (κ3) is 2.03. The summed E-state index contributed by atoms with van der Waals surface area (Å²) in [5.74, 6) is -0.718. The predicted molar refractivity (Wildman–Crippen MR) is 76.2 cm³/mol. The maximum atomic E-state index is 12.3. The lowest BCUT2D eigenvalue weighted by Gasteiger charge is -2.13. The SMILES string of the molecule is N#Cc1ccc(CN2C(=O)c3cccc(N)c3C2=O)cc1. The molecule has 1 aliphatic heterocycles. The van der Waals surface area contributed by atoms with Crippen molar-refractivity contribution in [2.24, 2.45) is 0 Å². The average molecular weight is 277 g/mol. The molecule has 3 rings (SSSR count). The van der Waals surface area contributed by atoms with Gasteiger partial charge in [-0.1, -0.05) is 18.2 Å². The van der Waals surface area contributed by atoms with E-state index in [1.165, 1.54) is 4.90 Å². The van der Waals surface area contributed by atoms with Crippen molar-refractivity contribution < 1.29 is 9.59 Å². The summed E-state index contributed by atoms with van der Waals surface area (Å²) < 4.78 is 0. The molecule has 0 saturated carbocycles. The van der Waals surface area contributed by atoms with E-state index in [1.807, 2.05) is 6.07 Å². The van der Waals surface area contributed by atoms with Crippen LogP contribution in [-0.2, 0) is 6.54 Å². The first-order valence-electron chi connectivity index (χ1n) is 6.35. The van der Waals surface area contributed by atoms with Gasteiger partial charge in [-0.05, 0) is 29.8 Å². The lowest BCUT2D eigenvalue weighted by atomic mass is 10.1. The van der Waals surface area contributed by atoms with Crippen LogP contribution in [0.5, 0.6) is 0 Å². The largest absolute Gasteiger partial charge is 0.398 e. The molecular formula is C16H11N3O2. The fraction of sp³-hybridized carbons (Fsp3) is 0.0625. The Balaban J connectivity index is 1.91. The van der Waals surface area contributed by atoms with Gasteiger partial charge in [0.1, 0.15) is 0 Å². The van der Waals surface area contributed by atoms with Crippen molar-refractivity contribution in [3.05, 3.63) is 64.7 Å². The molecule has 0 spiro atoms. The fourth-order valence-electron chi connectivity index (χ4n) is 2.37. The smallest absolute Gasteiger partial charge is 0.263 e. The van der Waals surface area contributed by atoms with E-state index >= 15 is 0 Å². The van der Waals surface area contributed by atoms with Gasteiger partial charge in [-0.25, -0.2) is 0 Å². The predicted octanol–water partition coefficient (Wildman–Crippen LogP) is 1.94. The highest BCUT2D eigenvalue weighted by Crippen LogP contribution is 2.28. The molecule has 5 heteroatoms. The minimum absolute atomic E-state index is 0.164. The zero-order valence-corrected chi connectivity index (χ0v) is 11.0. The van der Waals surface area contributed by atoms with Crippen molar-refractivity contribution in [2.45, 2.75) is 6.54 Å². The van der Waals surface area contributed by atoms with Crippen LogP contribution in [0, 0.1) is 11.3 Å². The third-order valence-corrected chi connectivity index (χ3v) is 3.45. The van der Waals surface area contributed by atoms with Gasteiger partial charge >= 0.3 is 0 Å². The van der Waals surface area contributed by atoms with Crippen LogP contribution in [0.15, 0.2) is 42.5 Å². The van der Waals surface area contributed by atoms with E-state index in [1.54, 1.807) is 42.5 Å². The number of nitriles is 1. The number of carbonyl (C=O) groups is 2. The fourth-order valence-corrected chi connectivity index (χ4v) is 2.37. The zero-order chi connectivity index (χ0) is 15.0. The van der Waals surface area contributed by atoms with Crippen molar-refractivity contribution in [1.29, 1.82) is 5.26 Å². The number of anilines is 1. The standard InChI is InChI=1S/C16H11N3O2/c17-8-10-4-6-11(7-5-10)9-19-15(20)12-2-1-3-13(18)14(12)16(19)21/h1-7H,9,18H2. The summed E-state index contributed by atoms with van der Waals surface area (Å²) in [5.41, 5.74) is 8.02. The Morgan fingerprint density at radius 2 is 1.76 bits per heavy atom. The monoisotopic (exact) mass is 277 g/mol. The van der Waals surface area contributed by atoms with Crippen LogP contribution >= 0.6 is 0 Å². The summed E-state index contributed by atoms with van der Waals surface area (Å²) in [6.07, 6.45) is 0. The van der Waals surface area contributed by atoms with Crippen LogP contribution in [0.2, 0.25) is 0 Å². The van der Waals surface area contributed by atoms with E-state index in [2.05, 4.69) is 0 Å². The highest BCUT2D eigenvalue weighted by Gasteiger charge is 2.36. The van der Waals surface area contributed by atoms with Crippen LogP contribution in [0.4, 0.5) is 5.69 Å². The first-order chi connectivity index (χ1) is 10.1. The first kappa shape index (κ1) is 12.9. The van der Waals surface area contributed by atoms with E-state index in [0.717, 1.165) is 5.56 Å². The van der Waals surface area contributed by atoms with Crippen LogP contribution in [0.3, 0.4) is 0 Å². The van der Waals surface area contributed by atoms with Gasteiger partial charge in [-0.15, -0.1) is 0 Å². The second-order valence-electron chi connectivity index (χ2n) is 4.77. The summed E-state index contributed by atoms with van der Waals surface area (Å²) in [5, 5.41) is 8.76. The summed E-state index contributed by atoms with van der Waals surface area (Å²) in [7, 11) is 0. The molecule has 0 fully saturated rings. The van der Waals surface area contributed by atoms with Crippen LogP contribution < -0.4 is 5.73 Å². The van der Waals surface area contributed by atoms with Gasteiger partial charge in [0.15, 0.2) is 0 Å². The number of carbonyl (C=O) groups excluding carboxylic acids is 2. The number of hydrogen-bond donors (Lipinski definition) is 1. The Labute approximate surface area is 121 Å². The minimum Gasteiger partial charge on any atom is -0.398 e. The Morgan fingerprint density at radius 1 is 1.05 bits per heavy atom. The second-order valence-corrected chi connectivity index (χ2v) is 4.77.